The van der Waals surface area contributed by atoms with Crippen LogP contribution in [0.5, 0.6) is 0 Å². The predicted molar refractivity (Wildman–Crippen MR) is 75.2 cm³/mol. The quantitative estimate of drug-likeness (QED) is 0.930. The lowest BCUT2D eigenvalue weighted by Gasteiger charge is -2.25. The molecule has 1 aromatic heterocycles. The van der Waals surface area contributed by atoms with Gasteiger partial charge in [-0.2, -0.15) is 0 Å². The fourth-order valence-corrected chi connectivity index (χ4v) is 2.76. The molecule has 0 saturated heterocycles. The maximum absolute atomic E-state index is 5.93. The molecular formula is C13H20BrN3O. The van der Waals surface area contributed by atoms with E-state index < -0.39 is 0 Å². The number of halogens is 1. The molecule has 5 heteroatoms. The summed E-state index contributed by atoms with van der Waals surface area (Å²) in [6, 6.07) is 0. The minimum atomic E-state index is 0.451. The van der Waals surface area contributed by atoms with Gasteiger partial charge in [-0.1, -0.05) is 19.8 Å². The zero-order valence-corrected chi connectivity index (χ0v) is 12.5. The molecule has 1 aliphatic rings. The molecule has 0 unspecified atom stereocenters. The number of hydrogen-bond acceptors (Lipinski definition) is 4. The van der Waals surface area contributed by atoms with E-state index in [2.05, 4.69) is 32.8 Å². The summed E-state index contributed by atoms with van der Waals surface area (Å²) >= 11 is 3.42. The SMILES string of the molecule is COCc1nc(C2CCC(C)CC2)nc(N)c1Br. The van der Waals surface area contributed by atoms with Crippen LogP contribution in [0.15, 0.2) is 4.47 Å². The average Bonchev–Trinajstić information content (AvgIpc) is 2.36. The van der Waals surface area contributed by atoms with E-state index in [-0.39, 0.29) is 0 Å². The lowest BCUT2D eigenvalue weighted by molar-refractivity contribution is 0.180. The van der Waals surface area contributed by atoms with Crippen LogP contribution in [0.3, 0.4) is 0 Å². The van der Waals surface area contributed by atoms with Gasteiger partial charge in [0.05, 0.1) is 16.8 Å². The monoisotopic (exact) mass is 313 g/mol. The van der Waals surface area contributed by atoms with E-state index in [4.69, 9.17) is 10.5 Å². The Kier molecular flexibility index (Phi) is 4.56. The van der Waals surface area contributed by atoms with Crippen LogP contribution in [-0.4, -0.2) is 17.1 Å². The number of ether oxygens (including phenoxy) is 1. The Morgan fingerprint density at radius 2 is 1.94 bits per heavy atom. The number of hydrogen-bond donors (Lipinski definition) is 1. The van der Waals surface area contributed by atoms with Crippen molar-refractivity contribution in [1.29, 1.82) is 0 Å². The van der Waals surface area contributed by atoms with Crippen LogP contribution in [0.1, 0.15) is 50.0 Å². The molecule has 2 N–H and O–H groups in total. The van der Waals surface area contributed by atoms with Crippen LogP contribution in [0.2, 0.25) is 0 Å². The highest BCUT2D eigenvalue weighted by atomic mass is 79.9. The molecule has 0 spiro atoms. The summed E-state index contributed by atoms with van der Waals surface area (Å²) in [6.45, 7) is 2.77. The van der Waals surface area contributed by atoms with Crippen molar-refractivity contribution in [2.75, 3.05) is 12.8 Å². The minimum Gasteiger partial charge on any atom is -0.383 e. The van der Waals surface area contributed by atoms with E-state index in [1.807, 2.05) is 0 Å². The van der Waals surface area contributed by atoms with Crippen LogP contribution < -0.4 is 5.73 Å². The Morgan fingerprint density at radius 1 is 1.28 bits per heavy atom. The standard InChI is InChI=1S/C13H20BrN3O/c1-8-3-5-9(6-4-8)13-16-10(7-18-2)11(14)12(15)17-13/h8-9H,3-7H2,1-2H3,(H2,15,16,17). The third-order valence-electron chi connectivity index (χ3n) is 3.62. The zero-order chi connectivity index (χ0) is 13.1. The lowest BCUT2D eigenvalue weighted by atomic mass is 9.82. The number of nitrogens with zero attached hydrogens (tertiary/aromatic N) is 2. The van der Waals surface area contributed by atoms with Gasteiger partial charge in [0.25, 0.3) is 0 Å². The predicted octanol–water partition coefficient (Wildman–Crippen LogP) is 3.26. The molecule has 0 aromatic carbocycles. The molecule has 1 aromatic rings. The highest BCUT2D eigenvalue weighted by molar-refractivity contribution is 9.10. The van der Waals surface area contributed by atoms with Crippen LogP contribution in [-0.2, 0) is 11.3 Å². The molecule has 18 heavy (non-hydrogen) atoms. The summed E-state index contributed by atoms with van der Waals surface area (Å²) < 4.78 is 5.91. The van der Waals surface area contributed by atoms with Gasteiger partial charge in [-0.15, -0.1) is 0 Å². The van der Waals surface area contributed by atoms with E-state index in [1.165, 1.54) is 12.8 Å². The Balaban J connectivity index is 2.22. The second kappa shape index (κ2) is 5.97. The number of nitrogens with two attached hydrogens (primary N) is 1. The molecule has 2 rings (SSSR count). The van der Waals surface area contributed by atoms with Crippen LogP contribution in [0.25, 0.3) is 0 Å². The molecule has 1 aliphatic carbocycles. The summed E-state index contributed by atoms with van der Waals surface area (Å²) in [5.41, 5.74) is 6.78. The average molecular weight is 314 g/mol. The van der Waals surface area contributed by atoms with E-state index in [0.717, 1.165) is 34.8 Å². The summed E-state index contributed by atoms with van der Waals surface area (Å²) in [5, 5.41) is 0. The van der Waals surface area contributed by atoms with Gasteiger partial charge in [0, 0.05) is 13.0 Å². The second-order valence-corrected chi connectivity index (χ2v) is 5.91. The van der Waals surface area contributed by atoms with Crippen LogP contribution >= 0.6 is 15.9 Å². The van der Waals surface area contributed by atoms with Crippen LogP contribution in [0, 0.1) is 5.92 Å². The van der Waals surface area contributed by atoms with Crippen molar-refractivity contribution in [3.63, 3.8) is 0 Å². The van der Waals surface area contributed by atoms with E-state index in [0.29, 0.717) is 18.3 Å². The van der Waals surface area contributed by atoms with Gasteiger partial charge < -0.3 is 10.5 Å². The van der Waals surface area contributed by atoms with Gasteiger partial charge in [0.15, 0.2) is 0 Å². The van der Waals surface area contributed by atoms with Gasteiger partial charge >= 0.3 is 0 Å². The minimum absolute atomic E-state index is 0.451. The van der Waals surface area contributed by atoms with Gasteiger partial charge in [-0.25, -0.2) is 9.97 Å². The van der Waals surface area contributed by atoms with Gasteiger partial charge in [0.1, 0.15) is 11.6 Å². The number of anilines is 1. The number of rotatable bonds is 3. The maximum Gasteiger partial charge on any atom is 0.141 e. The summed E-state index contributed by atoms with van der Waals surface area (Å²) in [7, 11) is 1.66. The fourth-order valence-electron chi connectivity index (χ4n) is 2.47. The van der Waals surface area contributed by atoms with Crippen molar-refractivity contribution in [1.82, 2.24) is 9.97 Å². The Hall–Kier alpha value is -0.680. The van der Waals surface area contributed by atoms with Crippen molar-refractivity contribution in [3.05, 3.63) is 16.0 Å². The third-order valence-corrected chi connectivity index (χ3v) is 4.49. The summed E-state index contributed by atoms with van der Waals surface area (Å²) in [4.78, 5) is 9.04. The molecule has 0 bridgehead atoms. The molecule has 1 fully saturated rings. The molecular weight excluding hydrogens is 294 g/mol. The fraction of sp³-hybridized carbons (Fsp3) is 0.692. The zero-order valence-electron chi connectivity index (χ0n) is 10.9. The molecule has 1 heterocycles. The van der Waals surface area contributed by atoms with Gasteiger partial charge in [-0.3, -0.25) is 0 Å². The van der Waals surface area contributed by atoms with E-state index >= 15 is 0 Å². The van der Waals surface area contributed by atoms with E-state index in [9.17, 15) is 0 Å². The normalized spacial score (nSPS) is 24.2. The first-order valence-corrected chi connectivity index (χ1v) is 7.21. The molecule has 1 saturated carbocycles. The first-order valence-electron chi connectivity index (χ1n) is 6.42. The molecule has 0 radical (unpaired) electrons. The Bertz CT molecular complexity index is 417. The van der Waals surface area contributed by atoms with Gasteiger partial charge in [0.2, 0.25) is 0 Å². The first kappa shape index (κ1) is 13.7. The summed E-state index contributed by atoms with van der Waals surface area (Å²) in [6.07, 6.45) is 4.83. The first-order chi connectivity index (χ1) is 8.61. The van der Waals surface area contributed by atoms with Crippen molar-refractivity contribution in [2.45, 2.75) is 45.1 Å². The van der Waals surface area contributed by atoms with Crippen molar-refractivity contribution >= 4 is 21.7 Å². The topological polar surface area (TPSA) is 61.0 Å². The lowest BCUT2D eigenvalue weighted by Crippen LogP contribution is -2.15. The second-order valence-electron chi connectivity index (χ2n) is 5.12. The smallest absolute Gasteiger partial charge is 0.141 e. The third kappa shape index (κ3) is 3.01. The Labute approximate surface area is 116 Å². The molecule has 0 amide bonds. The van der Waals surface area contributed by atoms with Crippen molar-refractivity contribution in [3.8, 4) is 0 Å². The number of aromatic nitrogens is 2. The van der Waals surface area contributed by atoms with E-state index in [1.54, 1.807) is 7.11 Å². The highest BCUT2D eigenvalue weighted by Gasteiger charge is 2.23. The number of nitrogen functional groups attached to an aromatic ring is 1. The molecule has 0 atom stereocenters. The van der Waals surface area contributed by atoms with Crippen LogP contribution in [0.4, 0.5) is 5.82 Å². The molecule has 0 aliphatic heterocycles. The Morgan fingerprint density at radius 3 is 2.56 bits per heavy atom. The molecule has 4 nitrogen and oxygen atoms in total. The van der Waals surface area contributed by atoms with Crippen molar-refractivity contribution in [2.24, 2.45) is 5.92 Å². The summed E-state index contributed by atoms with van der Waals surface area (Å²) in [5.74, 6) is 2.68. The highest BCUT2D eigenvalue weighted by Crippen LogP contribution is 2.35. The maximum atomic E-state index is 5.93. The number of methoxy groups -OCH3 is 1. The van der Waals surface area contributed by atoms with Crippen molar-refractivity contribution < 1.29 is 4.74 Å². The van der Waals surface area contributed by atoms with Gasteiger partial charge in [-0.05, 0) is 34.7 Å². The molecule has 100 valence electrons. The largest absolute Gasteiger partial charge is 0.383 e.